The van der Waals surface area contributed by atoms with Crippen LogP contribution < -0.4 is 0 Å². The molecule has 0 aromatic rings. The quantitative estimate of drug-likeness (QED) is 0.656. The van der Waals surface area contributed by atoms with Crippen LogP contribution in [0.1, 0.15) is 67.2 Å². The Morgan fingerprint density at radius 3 is 2.06 bits per heavy atom. The van der Waals surface area contributed by atoms with Crippen molar-refractivity contribution in [2.24, 2.45) is 5.92 Å². The van der Waals surface area contributed by atoms with Crippen molar-refractivity contribution in [3.63, 3.8) is 0 Å². The summed E-state index contributed by atoms with van der Waals surface area (Å²) in [5.74, 6) is 0.811. The number of hydrogen-bond acceptors (Lipinski definition) is 2. The molecular weight excluding hydrogens is 222 g/mol. The molecule has 110 valence electrons. The summed E-state index contributed by atoms with van der Waals surface area (Å²) in [7, 11) is 0. The molecule has 18 heavy (non-hydrogen) atoms. The highest BCUT2D eigenvalue weighted by atomic mass is 16.5. The van der Waals surface area contributed by atoms with Gasteiger partial charge in [0, 0.05) is 25.7 Å². The van der Waals surface area contributed by atoms with E-state index in [4.69, 9.17) is 4.74 Å². The van der Waals surface area contributed by atoms with Gasteiger partial charge in [0.15, 0.2) is 0 Å². The Kier molecular flexibility index (Phi) is 10.8. The van der Waals surface area contributed by atoms with Crippen LogP contribution in [0.2, 0.25) is 0 Å². The molecule has 0 N–H and O–H groups in total. The number of ether oxygens (including phenoxy) is 1. The minimum atomic E-state index is 0.530. The smallest absolute Gasteiger partial charge is 0.0599 e. The summed E-state index contributed by atoms with van der Waals surface area (Å²) in [4.78, 5) is 2.55. The third-order valence-corrected chi connectivity index (χ3v) is 3.49. The lowest BCUT2D eigenvalue weighted by Crippen LogP contribution is -2.40. The molecule has 0 aromatic carbocycles. The fourth-order valence-corrected chi connectivity index (χ4v) is 2.30. The highest BCUT2D eigenvalue weighted by Gasteiger charge is 2.20. The third kappa shape index (κ3) is 8.10. The monoisotopic (exact) mass is 257 g/mol. The standard InChI is InChI=1S/C14H29NO.C2H6/c1-12(2)6-5-11-16-14-7-9-15(10-8-14)13(3)4;1-2/h12-14H,5-11H2,1-4H3;1-2H3. The van der Waals surface area contributed by atoms with Crippen LogP contribution in [0, 0.1) is 5.92 Å². The summed E-state index contributed by atoms with van der Waals surface area (Å²) >= 11 is 0. The van der Waals surface area contributed by atoms with E-state index in [1.807, 2.05) is 13.8 Å². The van der Waals surface area contributed by atoms with Crippen LogP contribution >= 0.6 is 0 Å². The van der Waals surface area contributed by atoms with E-state index in [-0.39, 0.29) is 0 Å². The second-order valence-electron chi connectivity index (χ2n) is 5.74. The Morgan fingerprint density at radius 1 is 1.06 bits per heavy atom. The highest BCUT2D eigenvalue weighted by molar-refractivity contribution is 4.74. The molecule has 1 fully saturated rings. The van der Waals surface area contributed by atoms with Crippen molar-refractivity contribution in [3.8, 4) is 0 Å². The second kappa shape index (κ2) is 10.8. The molecule has 0 aromatic heterocycles. The first-order valence-electron chi connectivity index (χ1n) is 7.95. The molecule has 0 radical (unpaired) electrons. The molecule has 1 aliphatic heterocycles. The van der Waals surface area contributed by atoms with Crippen molar-refractivity contribution < 1.29 is 4.74 Å². The predicted molar refractivity (Wildman–Crippen MR) is 81.1 cm³/mol. The van der Waals surface area contributed by atoms with Gasteiger partial charge >= 0.3 is 0 Å². The maximum atomic E-state index is 5.93. The fraction of sp³-hybridized carbons (Fsp3) is 1.00. The lowest BCUT2D eigenvalue weighted by molar-refractivity contribution is -0.000759. The van der Waals surface area contributed by atoms with Crippen molar-refractivity contribution in [1.82, 2.24) is 4.90 Å². The SMILES string of the molecule is CC.CC(C)CCCOC1CCN(C(C)C)CC1. The van der Waals surface area contributed by atoms with Crippen LogP contribution in [0.25, 0.3) is 0 Å². The molecular formula is C16H35NO. The van der Waals surface area contributed by atoms with E-state index in [1.54, 1.807) is 0 Å². The molecule has 0 saturated carbocycles. The molecule has 1 aliphatic rings. The van der Waals surface area contributed by atoms with E-state index in [0.29, 0.717) is 12.1 Å². The molecule has 1 rings (SSSR count). The average molecular weight is 257 g/mol. The van der Waals surface area contributed by atoms with Crippen molar-refractivity contribution in [2.75, 3.05) is 19.7 Å². The average Bonchev–Trinajstić information content (AvgIpc) is 2.37. The topological polar surface area (TPSA) is 12.5 Å². The van der Waals surface area contributed by atoms with Crippen LogP contribution in [0.5, 0.6) is 0 Å². The molecule has 0 amide bonds. The van der Waals surface area contributed by atoms with Gasteiger partial charge in [0.05, 0.1) is 6.10 Å². The number of hydrogen-bond donors (Lipinski definition) is 0. The van der Waals surface area contributed by atoms with Gasteiger partial charge in [-0.3, -0.25) is 0 Å². The number of nitrogens with zero attached hydrogens (tertiary/aromatic N) is 1. The zero-order valence-corrected chi connectivity index (χ0v) is 13.5. The third-order valence-electron chi connectivity index (χ3n) is 3.49. The van der Waals surface area contributed by atoms with Gasteiger partial charge in [-0.1, -0.05) is 27.7 Å². The van der Waals surface area contributed by atoms with Crippen molar-refractivity contribution >= 4 is 0 Å². The van der Waals surface area contributed by atoms with Crippen LogP contribution in [0.4, 0.5) is 0 Å². The number of likely N-dealkylation sites (tertiary alicyclic amines) is 1. The zero-order valence-electron chi connectivity index (χ0n) is 13.5. The van der Waals surface area contributed by atoms with Crippen LogP contribution in [0.15, 0.2) is 0 Å². The molecule has 0 spiro atoms. The summed E-state index contributed by atoms with van der Waals surface area (Å²) in [5.41, 5.74) is 0. The summed E-state index contributed by atoms with van der Waals surface area (Å²) < 4.78 is 5.93. The lowest BCUT2D eigenvalue weighted by atomic mass is 10.1. The Balaban J connectivity index is 0.00000137. The van der Waals surface area contributed by atoms with Crippen LogP contribution in [-0.2, 0) is 4.74 Å². The van der Waals surface area contributed by atoms with E-state index in [1.165, 1.54) is 38.8 Å². The van der Waals surface area contributed by atoms with E-state index < -0.39 is 0 Å². The predicted octanol–water partition coefficient (Wildman–Crippen LogP) is 4.34. The Labute approximate surface area is 115 Å². The minimum Gasteiger partial charge on any atom is -0.378 e. The molecule has 0 unspecified atom stereocenters. The Bertz CT molecular complexity index is 172. The first-order chi connectivity index (χ1) is 8.59. The largest absolute Gasteiger partial charge is 0.378 e. The normalized spacial score (nSPS) is 18.0. The van der Waals surface area contributed by atoms with E-state index in [9.17, 15) is 0 Å². The number of rotatable bonds is 6. The van der Waals surface area contributed by atoms with Gasteiger partial charge in [0.25, 0.3) is 0 Å². The van der Waals surface area contributed by atoms with Gasteiger partial charge in [-0.15, -0.1) is 0 Å². The highest BCUT2D eigenvalue weighted by Crippen LogP contribution is 2.16. The van der Waals surface area contributed by atoms with Gasteiger partial charge in [0.1, 0.15) is 0 Å². The molecule has 1 saturated heterocycles. The van der Waals surface area contributed by atoms with Gasteiger partial charge in [-0.2, -0.15) is 0 Å². The maximum absolute atomic E-state index is 5.93. The van der Waals surface area contributed by atoms with E-state index in [0.717, 1.165) is 12.5 Å². The lowest BCUT2D eigenvalue weighted by Gasteiger charge is -2.34. The van der Waals surface area contributed by atoms with Crippen molar-refractivity contribution in [2.45, 2.75) is 79.4 Å². The summed E-state index contributed by atoms with van der Waals surface area (Å²) in [5, 5.41) is 0. The van der Waals surface area contributed by atoms with Gasteiger partial charge in [0.2, 0.25) is 0 Å². The molecule has 1 heterocycles. The Hall–Kier alpha value is -0.0800. The first-order valence-corrected chi connectivity index (χ1v) is 7.95. The van der Waals surface area contributed by atoms with Gasteiger partial charge in [-0.25, -0.2) is 0 Å². The Morgan fingerprint density at radius 2 is 1.61 bits per heavy atom. The molecule has 0 atom stereocenters. The van der Waals surface area contributed by atoms with Gasteiger partial charge < -0.3 is 9.64 Å². The number of piperidine rings is 1. The van der Waals surface area contributed by atoms with Crippen LogP contribution in [-0.4, -0.2) is 36.7 Å². The van der Waals surface area contributed by atoms with Gasteiger partial charge in [-0.05, 0) is 45.4 Å². The van der Waals surface area contributed by atoms with E-state index >= 15 is 0 Å². The molecule has 0 aliphatic carbocycles. The fourth-order valence-electron chi connectivity index (χ4n) is 2.30. The summed E-state index contributed by atoms with van der Waals surface area (Å²) in [6.45, 7) is 16.5. The maximum Gasteiger partial charge on any atom is 0.0599 e. The van der Waals surface area contributed by atoms with Crippen molar-refractivity contribution in [1.29, 1.82) is 0 Å². The minimum absolute atomic E-state index is 0.530. The first kappa shape index (κ1) is 17.9. The second-order valence-corrected chi connectivity index (χ2v) is 5.74. The summed E-state index contributed by atoms with van der Waals surface area (Å²) in [6, 6.07) is 0.696. The van der Waals surface area contributed by atoms with Crippen molar-refractivity contribution in [3.05, 3.63) is 0 Å². The van der Waals surface area contributed by atoms with E-state index in [2.05, 4.69) is 32.6 Å². The zero-order chi connectivity index (χ0) is 14.0. The molecule has 2 nitrogen and oxygen atoms in total. The molecule has 2 heteroatoms. The summed E-state index contributed by atoms with van der Waals surface area (Å²) in [6.07, 6.45) is 5.49. The van der Waals surface area contributed by atoms with Crippen LogP contribution in [0.3, 0.4) is 0 Å². The molecule has 0 bridgehead atoms.